The lowest BCUT2D eigenvalue weighted by Gasteiger charge is -2.16. The maximum Gasteiger partial charge on any atom is 0.244 e. The van der Waals surface area contributed by atoms with Gasteiger partial charge in [0.1, 0.15) is 0 Å². The molecular weight excluding hydrogens is 295 g/mol. The molecule has 19 heavy (non-hydrogen) atoms. The van der Waals surface area contributed by atoms with Gasteiger partial charge in [-0.25, -0.2) is 0 Å². The first-order valence-corrected chi connectivity index (χ1v) is 11.5. The summed E-state index contributed by atoms with van der Waals surface area (Å²) in [5.41, 5.74) is -2.28. The maximum atomic E-state index is 5.61. The molecule has 0 radical (unpaired) electrons. The van der Waals surface area contributed by atoms with Gasteiger partial charge < -0.3 is 9.05 Å². The second-order valence-corrected chi connectivity index (χ2v) is 10.3. The lowest BCUT2D eigenvalue weighted by molar-refractivity contribution is 0.250. The number of unbranched alkanes of at least 4 members (excludes halogenated alkanes) is 8. The van der Waals surface area contributed by atoms with Gasteiger partial charge in [-0.1, -0.05) is 77.5 Å². The predicted octanol–water partition coefficient (Wildman–Crippen LogP) is 6.11. The zero-order chi connectivity index (χ0) is 14.4. The molecule has 0 atom stereocenters. The summed E-state index contributed by atoms with van der Waals surface area (Å²) in [4.78, 5) is 0. The Bertz CT molecular complexity index is 217. The van der Waals surface area contributed by atoms with Crippen molar-refractivity contribution in [3.8, 4) is 0 Å². The Morgan fingerprint density at radius 3 is 1.47 bits per heavy atom. The highest BCUT2D eigenvalue weighted by atomic mass is 32.9. The lowest BCUT2D eigenvalue weighted by atomic mass is 10.2. The standard InChI is InChI=1S/C14H31O2PS2/c1-3-5-7-9-11-13-15-17(18,19)16-14-12-10-8-6-4-2/h3-14H2,1-2H3,(H,18,19). The van der Waals surface area contributed by atoms with E-state index in [0.717, 1.165) is 12.8 Å². The third kappa shape index (κ3) is 15.1. The van der Waals surface area contributed by atoms with Gasteiger partial charge >= 0.3 is 0 Å². The van der Waals surface area contributed by atoms with Crippen LogP contribution in [-0.4, -0.2) is 13.2 Å². The summed E-state index contributed by atoms with van der Waals surface area (Å²) in [5.74, 6) is 0. The first-order valence-electron chi connectivity index (χ1n) is 7.74. The van der Waals surface area contributed by atoms with Crippen molar-refractivity contribution in [3.63, 3.8) is 0 Å². The van der Waals surface area contributed by atoms with Crippen LogP contribution in [-0.2, 0) is 20.9 Å². The second kappa shape index (κ2) is 13.9. The summed E-state index contributed by atoms with van der Waals surface area (Å²) < 4.78 is 11.2. The third-order valence-electron chi connectivity index (χ3n) is 3.00. The highest BCUT2D eigenvalue weighted by Crippen LogP contribution is 2.53. The molecular formula is C14H31O2PS2. The van der Waals surface area contributed by atoms with E-state index in [9.17, 15) is 0 Å². The molecule has 116 valence electrons. The molecule has 0 aliphatic carbocycles. The quantitative estimate of drug-likeness (QED) is 0.236. The largest absolute Gasteiger partial charge is 0.322 e. The lowest BCUT2D eigenvalue weighted by Crippen LogP contribution is -1.96. The summed E-state index contributed by atoms with van der Waals surface area (Å²) in [6, 6.07) is 0. The van der Waals surface area contributed by atoms with Gasteiger partial charge in [-0.05, 0) is 24.6 Å². The van der Waals surface area contributed by atoms with Gasteiger partial charge in [-0.15, -0.1) is 0 Å². The first kappa shape index (κ1) is 19.9. The van der Waals surface area contributed by atoms with Crippen LogP contribution in [0.15, 0.2) is 0 Å². The molecule has 0 unspecified atom stereocenters. The summed E-state index contributed by atoms with van der Waals surface area (Å²) in [6.45, 7) is 5.83. The Kier molecular flexibility index (Phi) is 14.6. The fourth-order valence-electron chi connectivity index (χ4n) is 1.81. The molecule has 0 saturated heterocycles. The van der Waals surface area contributed by atoms with Crippen LogP contribution in [0.2, 0.25) is 0 Å². The van der Waals surface area contributed by atoms with E-state index in [4.69, 9.17) is 20.9 Å². The summed E-state index contributed by atoms with van der Waals surface area (Å²) >= 11 is 9.63. The number of hydrogen-bond acceptors (Lipinski definition) is 3. The second-order valence-electron chi connectivity index (χ2n) is 4.96. The van der Waals surface area contributed by atoms with Crippen LogP contribution in [0.3, 0.4) is 0 Å². The molecule has 0 aromatic heterocycles. The fraction of sp³-hybridized carbons (Fsp3) is 1.00. The highest BCUT2D eigenvalue weighted by Gasteiger charge is 2.12. The monoisotopic (exact) mass is 326 g/mol. The van der Waals surface area contributed by atoms with Crippen molar-refractivity contribution in [1.29, 1.82) is 0 Å². The average molecular weight is 327 g/mol. The van der Waals surface area contributed by atoms with E-state index in [2.05, 4.69) is 26.1 Å². The van der Waals surface area contributed by atoms with Gasteiger partial charge in [-0.2, -0.15) is 0 Å². The minimum Gasteiger partial charge on any atom is -0.322 e. The molecule has 5 heteroatoms. The van der Waals surface area contributed by atoms with Gasteiger partial charge in [0.2, 0.25) is 5.69 Å². The zero-order valence-corrected chi connectivity index (χ0v) is 15.2. The number of thiol groups is 1. The van der Waals surface area contributed by atoms with Crippen LogP contribution >= 0.6 is 17.9 Å². The van der Waals surface area contributed by atoms with Crippen molar-refractivity contribution in [3.05, 3.63) is 0 Å². The average Bonchev–Trinajstić information content (AvgIpc) is 2.38. The van der Waals surface area contributed by atoms with E-state index >= 15 is 0 Å². The van der Waals surface area contributed by atoms with Crippen LogP contribution < -0.4 is 0 Å². The van der Waals surface area contributed by atoms with Crippen molar-refractivity contribution in [2.24, 2.45) is 0 Å². The summed E-state index contributed by atoms with van der Waals surface area (Å²) in [5, 5.41) is 0. The van der Waals surface area contributed by atoms with Gasteiger partial charge in [0.05, 0.1) is 13.2 Å². The van der Waals surface area contributed by atoms with E-state index in [1.54, 1.807) is 0 Å². The van der Waals surface area contributed by atoms with Crippen molar-refractivity contribution < 1.29 is 9.05 Å². The molecule has 0 N–H and O–H groups in total. The topological polar surface area (TPSA) is 18.5 Å². The number of hydrogen-bond donors (Lipinski definition) is 1. The molecule has 0 saturated carbocycles. The molecule has 0 bridgehead atoms. The maximum absolute atomic E-state index is 5.61. The van der Waals surface area contributed by atoms with E-state index in [1.807, 2.05) is 0 Å². The minimum atomic E-state index is -2.28. The SMILES string of the molecule is CCCCCCCOP(=S)(S)OCCCCCCC. The highest BCUT2D eigenvalue weighted by molar-refractivity contribution is 8.60. The molecule has 0 fully saturated rings. The van der Waals surface area contributed by atoms with Crippen molar-refractivity contribution >= 4 is 29.7 Å². The third-order valence-corrected chi connectivity index (χ3v) is 5.35. The van der Waals surface area contributed by atoms with Gasteiger partial charge in [0.15, 0.2) is 0 Å². The molecule has 0 amide bonds. The molecule has 0 heterocycles. The van der Waals surface area contributed by atoms with Crippen LogP contribution in [0.5, 0.6) is 0 Å². The Balaban J connectivity index is 3.39. The van der Waals surface area contributed by atoms with Gasteiger partial charge in [0, 0.05) is 0 Å². The predicted molar refractivity (Wildman–Crippen MR) is 92.7 cm³/mol. The fourth-order valence-corrected chi connectivity index (χ4v) is 3.54. The molecule has 0 aromatic rings. The summed E-state index contributed by atoms with van der Waals surface area (Å²) in [6.07, 6.45) is 12.3. The molecule has 2 nitrogen and oxygen atoms in total. The van der Waals surface area contributed by atoms with E-state index < -0.39 is 5.69 Å². The molecule has 0 aliphatic rings. The molecule has 0 aliphatic heterocycles. The molecule has 0 rings (SSSR count). The normalized spacial score (nSPS) is 11.9. The van der Waals surface area contributed by atoms with Crippen LogP contribution in [0, 0.1) is 0 Å². The van der Waals surface area contributed by atoms with Crippen molar-refractivity contribution in [2.45, 2.75) is 78.1 Å². The smallest absolute Gasteiger partial charge is 0.244 e. The Hall–Kier alpha value is 0.920. The Morgan fingerprint density at radius 1 is 0.737 bits per heavy atom. The van der Waals surface area contributed by atoms with Crippen molar-refractivity contribution in [2.75, 3.05) is 13.2 Å². The van der Waals surface area contributed by atoms with Crippen LogP contribution in [0.1, 0.15) is 78.1 Å². The zero-order valence-electron chi connectivity index (χ0n) is 12.6. The van der Waals surface area contributed by atoms with Crippen LogP contribution in [0.4, 0.5) is 0 Å². The Labute approximate surface area is 130 Å². The van der Waals surface area contributed by atoms with Crippen LogP contribution in [0.25, 0.3) is 0 Å². The van der Waals surface area contributed by atoms with E-state index in [0.29, 0.717) is 13.2 Å². The van der Waals surface area contributed by atoms with E-state index in [-0.39, 0.29) is 0 Å². The Morgan fingerprint density at radius 2 is 1.11 bits per heavy atom. The van der Waals surface area contributed by atoms with Gasteiger partial charge in [0.25, 0.3) is 0 Å². The minimum absolute atomic E-state index is 0.695. The van der Waals surface area contributed by atoms with Crippen molar-refractivity contribution in [1.82, 2.24) is 0 Å². The number of rotatable bonds is 14. The molecule has 0 spiro atoms. The van der Waals surface area contributed by atoms with E-state index in [1.165, 1.54) is 51.4 Å². The summed E-state index contributed by atoms with van der Waals surface area (Å²) in [7, 11) is 0. The first-order chi connectivity index (χ1) is 9.12. The van der Waals surface area contributed by atoms with Gasteiger partial charge in [-0.3, -0.25) is 0 Å². The molecule has 0 aromatic carbocycles.